The molecule has 2 aliphatic heterocycles. The lowest BCUT2D eigenvalue weighted by molar-refractivity contribution is 0.0627. The first-order valence-electron chi connectivity index (χ1n) is 8.53. The van der Waals surface area contributed by atoms with Crippen molar-refractivity contribution < 1.29 is 24.1 Å². The Kier molecular flexibility index (Phi) is 3.90. The highest BCUT2D eigenvalue weighted by Crippen LogP contribution is 2.44. The van der Waals surface area contributed by atoms with Crippen molar-refractivity contribution in [2.24, 2.45) is 0 Å². The quantitative estimate of drug-likeness (QED) is 0.917. The Balaban J connectivity index is 1.84. The summed E-state index contributed by atoms with van der Waals surface area (Å²) in [6.07, 6.45) is 1.38. The van der Waals surface area contributed by atoms with E-state index < -0.39 is 0 Å². The van der Waals surface area contributed by atoms with Crippen LogP contribution >= 0.6 is 0 Å². The van der Waals surface area contributed by atoms with Crippen LogP contribution in [0.4, 0.5) is 0 Å². The molecular formula is C20H21NO5. The minimum atomic E-state index is -0.0925. The van der Waals surface area contributed by atoms with Crippen molar-refractivity contribution in [3.8, 4) is 23.0 Å². The van der Waals surface area contributed by atoms with E-state index in [0.717, 1.165) is 23.1 Å². The monoisotopic (exact) mass is 355 g/mol. The predicted octanol–water partition coefficient (Wildman–Crippen LogP) is 2.71. The molecular weight excluding hydrogens is 334 g/mol. The average molecular weight is 355 g/mol. The molecule has 0 fully saturated rings. The summed E-state index contributed by atoms with van der Waals surface area (Å²) in [5.74, 6) is 1.81. The highest BCUT2D eigenvalue weighted by Gasteiger charge is 2.39. The molecule has 0 aromatic heterocycles. The molecule has 2 aromatic carbocycles. The van der Waals surface area contributed by atoms with E-state index >= 15 is 0 Å². The molecule has 0 unspecified atom stereocenters. The number of hydrogen-bond acceptors (Lipinski definition) is 5. The predicted molar refractivity (Wildman–Crippen MR) is 95.4 cm³/mol. The molecule has 0 bridgehead atoms. The van der Waals surface area contributed by atoms with E-state index in [4.69, 9.17) is 14.2 Å². The highest BCUT2D eigenvalue weighted by atomic mass is 16.5. The summed E-state index contributed by atoms with van der Waals surface area (Å²) in [5, 5.41) is 9.99. The van der Waals surface area contributed by atoms with Gasteiger partial charge in [0.25, 0.3) is 5.91 Å². The lowest BCUT2D eigenvalue weighted by atomic mass is 9.83. The Hall–Kier alpha value is -2.89. The van der Waals surface area contributed by atoms with E-state index in [1.807, 2.05) is 17.0 Å². The molecule has 1 N–H and O–H groups in total. The van der Waals surface area contributed by atoms with Gasteiger partial charge >= 0.3 is 0 Å². The third-order valence-electron chi connectivity index (χ3n) is 5.28. The summed E-state index contributed by atoms with van der Waals surface area (Å²) in [6, 6.07) is 7.01. The SMILES string of the molecule is COc1cc2c(cc1OC)[C@@H]1Cc3cc(O)cc(OC)c3C(=O)N1CC2. The maximum Gasteiger partial charge on any atom is 0.258 e. The number of carbonyl (C=O) groups excluding carboxylic acids is 1. The Bertz CT molecular complexity index is 892. The third kappa shape index (κ3) is 2.36. The van der Waals surface area contributed by atoms with Crippen LogP contribution in [0.3, 0.4) is 0 Å². The minimum Gasteiger partial charge on any atom is -0.508 e. The number of methoxy groups -OCH3 is 3. The number of aromatic hydroxyl groups is 1. The summed E-state index contributed by atoms with van der Waals surface area (Å²) < 4.78 is 16.2. The van der Waals surface area contributed by atoms with Crippen LogP contribution in [-0.2, 0) is 12.8 Å². The van der Waals surface area contributed by atoms with Gasteiger partial charge in [0.1, 0.15) is 11.5 Å². The van der Waals surface area contributed by atoms with Gasteiger partial charge in [0.2, 0.25) is 0 Å². The molecule has 0 saturated carbocycles. The molecule has 0 radical (unpaired) electrons. The van der Waals surface area contributed by atoms with Gasteiger partial charge in [0.15, 0.2) is 11.5 Å². The maximum atomic E-state index is 13.1. The number of phenolic OH excluding ortho intramolecular Hbond substituents is 1. The van der Waals surface area contributed by atoms with Crippen molar-refractivity contribution in [3.63, 3.8) is 0 Å². The number of hydrogen-bond donors (Lipinski definition) is 1. The largest absolute Gasteiger partial charge is 0.508 e. The van der Waals surface area contributed by atoms with Crippen LogP contribution in [0.5, 0.6) is 23.0 Å². The first-order valence-corrected chi connectivity index (χ1v) is 8.53. The summed E-state index contributed by atoms with van der Waals surface area (Å²) in [5.41, 5.74) is 3.57. The standard InChI is InChI=1S/C20H21NO5/c1-24-16-8-11-4-5-21-15(14(11)10-17(16)25-2)7-12-6-13(22)9-18(26-3)19(12)20(21)23/h6,8-10,15,22H,4-5,7H2,1-3H3/t15-/m0/s1. The topological polar surface area (TPSA) is 68.2 Å². The molecule has 4 rings (SSSR count). The van der Waals surface area contributed by atoms with Gasteiger partial charge in [-0.3, -0.25) is 4.79 Å². The number of ether oxygens (including phenoxy) is 3. The molecule has 0 saturated heterocycles. The van der Waals surface area contributed by atoms with E-state index in [1.54, 1.807) is 20.3 Å². The molecule has 1 amide bonds. The second kappa shape index (κ2) is 6.12. The molecule has 6 nitrogen and oxygen atoms in total. The lowest BCUT2D eigenvalue weighted by Crippen LogP contribution is -2.44. The van der Waals surface area contributed by atoms with E-state index in [-0.39, 0.29) is 17.7 Å². The molecule has 26 heavy (non-hydrogen) atoms. The molecule has 6 heteroatoms. The van der Waals surface area contributed by atoms with E-state index in [1.165, 1.54) is 13.2 Å². The second-order valence-corrected chi connectivity index (χ2v) is 6.56. The molecule has 2 heterocycles. The van der Waals surface area contributed by atoms with Crippen LogP contribution in [-0.4, -0.2) is 43.8 Å². The van der Waals surface area contributed by atoms with E-state index in [9.17, 15) is 9.90 Å². The average Bonchev–Trinajstić information content (AvgIpc) is 2.65. The van der Waals surface area contributed by atoms with Crippen LogP contribution in [0.15, 0.2) is 24.3 Å². The normalized spacial score (nSPS) is 17.9. The van der Waals surface area contributed by atoms with Crippen molar-refractivity contribution >= 4 is 5.91 Å². The molecule has 136 valence electrons. The van der Waals surface area contributed by atoms with Gasteiger partial charge in [0.05, 0.1) is 32.9 Å². The second-order valence-electron chi connectivity index (χ2n) is 6.56. The van der Waals surface area contributed by atoms with Gasteiger partial charge in [-0.1, -0.05) is 0 Å². The van der Waals surface area contributed by atoms with Crippen molar-refractivity contribution in [2.45, 2.75) is 18.9 Å². The Labute approximate surface area is 151 Å². The van der Waals surface area contributed by atoms with Crippen LogP contribution in [0, 0.1) is 0 Å². The zero-order valence-corrected chi connectivity index (χ0v) is 15.0. The van der Waals surface area contributed by atoms with Crippen LogP contribution in [0.25, 0.3) is 0 Å². The van der Waals surface area contributed by atoms with E-state index in [0.29, 0.717) is 35.8 Å². The van der Waals surface area contributed by atoms with Crippen molar-refractivity contribution in [1.29, 1.82) is 0 Å². The molecule has 1 atom stereocenters. The number of nitrogens with zero attached hydrogens (tertiary/aromatic N) is 1. The Morgan fingerprint density at radius 1 is 0.962 bits per heavy atom. The van der Waals surface area contributed by atoms with Gasteiger partial charge < -0.3 is 24.2 Å². The summed E-state index contributed by atoms with van der Waals surface area (Å²) in [4.78, 5) is 15.0. The summed E-state index contributed by atoms with van der Waals surface area (Å²) >= 11 is 0. The Morgan fingerprint density at radius 3 is 2.35 bits per heavy atom. The number of benzene rings is 2. The minimum absolute atomic E-state index is 0.0615. The van der Waals surface area contributed by atoms with Crippen molar-refractivity contribution in [3.05, 3.63) is 46.5 Å². The number of rotatable bonds is 3. The van der Waals surface area contributed by atoms with Gasteiger partial charge in [0, 0.05) is 12.6 Å². The van der Waals surface area contributed by atoms with Crippen LogP contribution < -0.4 is 14.2 Å². The maximum absolute atomic E-state index is 13.1. The van der Waals surface area contributed by atoms with Gasteiger partial charge in [-0.15, -0.1) is 0 Å². The van der Waals surface area contributed by atoms with Gasteiger partial charge in [-0.05, 0) is 47.7 Å². The van der Waals surface area contributed by atoms with Gasteiger partial charge in [-0.25, -0.2) is 0 Å². The third-order valence-corrected chi connectivity index (χ3v) is 5.28. The van der Waals surface area contributed by atoms with Crippen molar-refractivity contribution in [2.75, 3.05) is 27.9 Å². The fraction of sp³-hybridized carbons (Fsp3) is 0.350. The summed E-state index contributed by atoms with van der Waals surface area (Å²) in [7, 11) is 4.74. The first-order chi connectivity index (χ1) is 12.6. The molecule has 0 aliphatic carbocycles. The van der Waals surface area contributed by atoms with E-state index in [2.05, 4.69) is 0 Å². The fourth-order valence-electron chi connectivity index (χ4n) is 4.07. The zero-order valence-electron chi connectivity index (χ0n) is 15.0. The highest BCUT2D eigenvalue weighted by molar-refractivity contribution is 6.00. The number of carbonyl (C=O) groups is 1. The smallest absolute Gasteiger partial charge is 0.258 e. The van der Waals surface area contributed by atoms with Crippen molar-refractivity contribution in [1.82, 2.24) is 4.90 Å². The number of phenols is 1. The molecule has 0 spiro atoms. The Morgan fingerprint density at radius 2 is 1.65 bits per heavy atom. The molecule has 2 aromatic rings. The molecule has 2 aliphatic rings. The lowest BCUT2D eigenvalue weighted by Gasteiger charge is -2.41. The number of amides is 1. The fourth-order valence-corrected chi connectivity index (χ4v) is 4.07. The zero-order chi connectivity index (χ0) is 18.4. The van der Waals surface area contributed by atoms with Crippen LogP contribution in [0.1, 0.15) is 33.1 Å². The first kappa shape index (κ1) is 16.6. The summed E-state index contributed by atoms with van der Waals surface area (Å²) in [6.45, 7) is 0.634. The number of fused-ring (bicyclic) bond motifs is 4. The van der Waals surface area contributed by atoms with Crippen LogP contribution in [0.2, 0.25) is 0 Å². The van der Waals surface area contributed by atoms with Gasteiger partial charge in [-0.2, -0.15) is 0 Å².